The number of ether oxygens (including phenoxy) is 1. The van der Waals surface area contributed by atoms with Crippen LogP contribution < -0.4 is 10.1 Å². The van der Waals surface area contributed by atoms with Crippen molar-refractivity contribution in [3.63, 3.8) is 0 Å². The summed E-state index contributed by atoms with van der Waals surface area (Å²) < 4.78 is 33.4. The largest absolute Gasteiger partial charge is 0.492 e. The van der Waals surface area contributed by atoms with Crippen LogP contribution in [-0.2, 0) is 21.4 Å². The van der Waals surface area contributed by atoms with Gasteiger partial charge in [-0.25, -0.2) is 8.42 Å². The monoisotopic (exact) mass is 473 g/mol. The van der Waals surface area contributed by atoms with Gasteiger partial charge in [-0.2, -0.15) is 4.31 Å². The minimum atomic E-state index is -3.61. The summed E-state index contributed by atoms with van der Waals surface area (Å²) in [5.41, 5.74) is 1.51. The van der Waals surface area contributed by atoms with Gasteiger partial charge in [0.2, 0.25) is 15.9 Å². The number of hydrogen-bond donors (Lipinski definition) is 1. The molecule has 180 valence electrons. The Morgan fingerprint density at radius 2 is 1.79 bits per heavy atom. The van der Waals surface area contributed by atoms with E-state index in [-0.39, 0.29) is 23.4 Å². The van der Waals surface area contributed by atoms with Crippen LogP contribution in [0, 0.1) is 0 Å². The first kappa shape index (κ1) is 25.2. The number of piperidine rings is 1. The molecule has 1 amide bonds. The second kappa shape index (κ2) is 11.6. The van der Waals surface area contributed by atoms with Crippen LogP contribution in [0.5, 0.6) is 5.75 Å². The molecule has 0 spiro atoms. The SMILES string of the molecule is CCOc1ccc(S(=O)(=O)N2CCCCC2)cc1NC(=O)CN(Cc1ccccc1)C(C)C. The molecule has 1 heterocycles. The summed E-state index contributed by atoms with van der Waals surface area (Å²) in [5, 5.41) is 2.89. The van der Waals surface area contributed by atoms with E-state index in [1.165, 1.54) is 10.4 Å². The number of carbonyl (C=O) groups excluding carboxylic acids is 1. The van der Waals surface area contributed by atoms with Gasteiger partial charge in [-0.15, -0.1) is 0 Å². The van der Waals surface area contributed by atoms with Gasteiger partial charge < -0.3 is 10.1 Å². The smallest absolute Gasteiger partial charge is 0.243 e. The van der Waals surface area contributed by atoms with Gasteiger partial charge in [0.15, 0.2) is 0 Å². The lowest BCUT2D eigenvalue weighted by atomic mass is 10.2. The van der Waals surface area contributed by atoms with E-state index in [1.807, 2.05) is 51.1 Å². The Morgan fingerprint density at radius 3 is 2.42 bits per heavy atom. The lowest BCUT2D eigenvalue weighted by molar-refractivity contribution is -0.117. The van der Waals surface area contributed by atoms with Gasteiger partial charge in [-0.3, -0.25) is 9.69 Å². The molecule has 0 saturated carbocycles. The predicted molar refractivity (Wildman–Crippen MR) is 131 cm³/mol. The van der Waals surface area contributed by atoms with Gasteiger partial charge in [0.25, 0.3) is 0 Å². The molecule has 1 aliphatic rings. The molecule has 0 aliphatic carbocycles. The molecule has 1 saturated heterocycles. The van der Waals surface area contributed by atoms with Crippen LogP contribution in [0.15, 0.2) is 53.4 Å². The Morgan fingerprint density at radius 1 is 1.09 bits per heavy atom. The van der Waals surface area contributed by atoms with Crippen molar-refractivity contribution in [2.45, 2.75) is 57.5 Å². The molecule has 3 rings (SSSR count). The zero-order valence-corrected chi connectivity index (χ0v) is 20.6. The molecule has 0 bridgehead atoms. The first-order valence-electron chi connectivity index (χ1n) is 11.7. The first-order valence-corrected chi connectivity index (χ1v) is 13.1. The van der Waals surface area contributed by atoms with Crippen LogP contribution in [0.1, 0.15) is 45.6 Å². The van der Waals surface area contributed by atoms with Gasteiger partial charge in [0, 0.05) is 25.7 Å². The average molecular weight is 474 g/mol. The van der Waals surface area contributed by atoms with Gasteiger partial charge in [0.1, 0.15) is 5.75 Å². The summed E-state index contributed by atoms with van der Waals surface area (Å²) in [5.74, 6) is 0.246. The first-order chi connectivity index (χ1) is 15.8. The zero-order chi connectivity index (χ0) is 23.8. The van der Waals surface area contributed by atoms with Crippen molar-refractivity contribution in [1.29, 1.82) is 0 Å². The third-order valence-corrected chi connectivity index (χ3v) is 7.68. The van der Waals surface area contributed by atoms with Crippen molar-refractivity contribution in [1.82, 2.24) is 9.21 Å². The number of anilines is 1. The molecule has 0 unspecified atom stereocenters. The number of rotatable bonds is 10. The van der Waals surface area contributed by atoms with Crippen molar-refractivity contribution < 1.29 is 17.9 Å². The maximum Gasteiger partial charge on any atom is 0.243 e. The zero-order valence-electron chi connectivity index (χ0n) is 19.8. The van der Waals surface area contributed by atoms with Crippen molar-refractivity contribution >= 4 is 21.6 Å². The minimum absolute atomic E-state index is 0.160. The average Bonchev–Trinajstić information content (AvgIpc) is 2.81. The van der Waals surface area contributed by atoms with E-state index in [0.29, 0.717) is 37.7 Å². The van der Waals surface area contributed by atoms with Crippen molar-refractivity contribution in [3.8, 4) is 5.75 Å². The summed E-state index contributed by atoms with van der Waals surface area (Å²) in [6, 6.07) is 14.9. The maximum absolute atomic E-state index is 13.1. The van der Waals surface area contributed by atoms with Gasteiger partial charge in [0.05, 0.1) is 23.7 Å². The second-order valence-electron chi connectivity index (χ2n) is 8.59. The van der Waals surface area contributed by atoms with Crippen LogP contribution in [-0.4, -0.2) is 55.8 Å². The summed E-state index contributed by atoms with van der Waals surface area (Å²) >= 11 is 0. The number of sulfonamides is 1. The summed E-state index contributed by atoms with van der Waals surface area (Å²) in [6.07, 6.45) is 2.78. The highest BCUT2D eigenvalue weighted by Gasteiger charge is 2.27. The fourth-order valence-electron chi connectivity index (χ4n) is 3.92. The Kier molecular flexibility index (Phi) is 8.88. The molecule has 33 heavy (non-hydrogen) atoms. The van der Waals surface area contributed by atoms with Crippen LogP contribution in [0.25, 0.3) is 0 Å². The van der Waals surface area contributed by atoms with E-state index >= 15 is 0 Å². The molecule has 0 aromatic heterocycles. The highest BCUT2D eigenvalue weighted by atomic mass is 32.2. The molecule has 1 N–H and O–H groups in total. The standard InChI is InChI=1S/C25H35N3O4S/c1-4-32-24-14-13-22(33(30,31)28-15-9-6-10-16-28)17-23(24)26-25(29)19-27(20(2)3)18-21-11-7-5-8-12-21/h5,7-8,11-14,17,20H,4,6,9-10,15-16,18-19H2,1-3H3,(H,26,29). The van der Waals surface area contributed by atoms with Crippen LogP contribution >= 0.6 is 0 Å². The normalized spacial score (nSPS) is 15.1. The van der Waals surface area contributed by atoms with Crippen molar-refractivity contribution in [3.05, 3.63) is 54.1 Å². The Hall–Kier alpha value is -2.42. The number of nitrogens with one attached hydrogen (secondary N) is 1. The molecule has 1 fully saturated rings. The molecule has 1 aliphatic heterocycles. The second-order valence-corrected chi connectivity index (χ2v) is 10.5. The highest BCUT2D eigenvalue weighted by molar-refractivity contribution is 7.89. The molecule has 7 nitrogen and oxygen atoms in total. The summed E-state index contributed by atoms with van der Waals surface area (Å²) in [7, 11) is -3.61. The van der Waals surface area contributed by atoms with Crippen molar-refractivity contribution in [2.75, 3.05) is 31.6 Å². The molecule has 0 radical (unpaired) electrons. The summed E-state index contributed by atoms with van der Waals surface area (Å²) in [6.45, 7) is 8.24. The van der Waals surface area contributed by atoms with E-state index < -0.39 is 10.0 Å². The third-order valence-electron chi connectivity index (χ3n) is 5.78. The highest BCUT2D eigenvalue weighted by Crippen LogP contribution is 2.30. The van der Waals surface area contributed by atoms with Crippen LogP contribution in [0.2, 0.25) is 0 Å². The lowest BCUT2D eigenvalue weighted by Crippen LogP contribution is -2.37. The molecular formula is C25H35N3O4S. The minimum Gasteiger partial charge on any atom is -0.492 e. The van der Waals surface area contributed by atoms with Gasteiger partial charge in [-0.1, -0.05) is 36.8 Å². The van der Waals surface area contributed by atoms with E-state index in [9.17, 15) is 13.2 Å². The molecule has 0 atom stereocenters. The van der Waals surface area contributed by atoms with Crippen molar-refractivity contribution in [2.24, 2.45) is 0 Å². The molecule has 2 aromatic rings. The Bertz CT molecular complexity index is 1020. The van der Waals surface area contributed by atoms with E-state index in [0.717, 1.165) is 24.8 Å². The van der Waals surface area contributed by atoms with E-state index in [2.05, 4.69) is 10.2 Å². The predicted octanol–water partition coefficient (Wildman–Crippen LogP) is 4.11. The fraction of sp³-hybridized carbons (Fsp3) is 0.480. The lowest BCUT2D eigenvalue weighted by Gasteiger charge is -2.27. The van der Waals surface area contributed by atoms with E-state index in [4.69, 9.17) is 4.74 Å². The molecule has 2 aromatic carbocycles. The quantitative estimate of drug-likeness (QED) is 0.562. The van der Waals surface area contributed by atoms with Crippen LogP contribution in [0.4, 0.5) is 5.69 Å². The summed E-state index contributed by atoms with van der Waals surface area (Å²) in [4.78, 5) is 15.2. The number of hydrogen-bond acceptors (Lipinski definition) is 5. The van der Waals surface area contributed by atoms with Crippen LogP contribution in [0.3, 0.4) is 0 Å². The maximum atomic E-state index is 13.1. The number of nitrogens with zero attached hydrogens (tertiary/aromatic N) is 2. The van der Waals surface area contributed by atoms with Gasteiger partial charge in [-0.05, 0) is 57.4 Å². The third kappa shape index (κ3) is 6.79. The Balaban J connectivity index is 1.78. The number of amides is 1. The topological polar surface area (TPSA) is 79.0 Å². The fourth-order valence-corrected chi connectivity index (χ4v) is 5.46. The molecule has 8 heteroatoms. The number of carbonyl (C=O) groups is 1. The Labute approximate surface area is 197 Å². The molecular weight excluding hydrogens is 438 g/mol. The number of benzene rings is 2. The van der Waals surface area contributed by atoms with Gasteiger partial charge >= 0.3 is 0 Å². The van der Waals surface area contributed by atoms with E-state index in [1.54, 1.807) is 12.1 Å².